The highest BCUT2D eigenvalue weighted by Crippen LogP contribution is 2.29. The van der Waals surface area contributed by atoms with Crippen LogP contribution in [0.25, 0.3) is 0 Å². The molecular weight excluding hydrogens is 352 g/mol. The molecule has 0 aromatic heterocycles. The van der Waals surface area contributed by atoms with Gasteiger partial charge in [0.15, 0.2) is 18.1 Å². The Balaban J connectivity index is 1.94. The monoisotopic (exact) mass is 372 g/mol. The molecule has 0 heterocycles. The summed E-state index contributed by atoms with van der Waals surface area (Å²) in [5, 5.41) is 2.22. The number of hydrogen-bond donors (Lipinski definition) is 2. The zero-order chi connectivity index (χ0) is 19.6. The Hall–Kier alpha value is -3.55. The zero-order valence-corrected chi connectivity index (χ0v) is 14.8. The minimum absolute atomic E-state index is 0.196. The summed E-state index contributed by atoms with van der Waals surface area (Å²) >= 11 is 0. The molecule has 8 nitrogen and oxygen atoms in total. The van der Waals surface area contributed by atoms with E-state index in [1.807, 2.05) is 30.3 Å². The van der Waals surface area contributed by atoms with Gasteiger partial charge in [-0.25, -0.2) is 4.79 Å². The number of rotatable bonds is 9. The van der Waals surface area contributed by atoms with Crippen LogP contribution in [-0.2, 0) is 20.9 Å². The van der Waals surface area contributed by atoms with E-state index in [4.69, 9.17) is 19.9 Å². The quantitative estimate of drug-likeness (QED) is 0.635. The lowest BCUT2D eigenvalue weighted by Gasteiger charge is -2.12. The van der Waals surface area contributed by atoms with Gasteiger partial charge in [0.2, 0.25) is 5.91 Å². The number of ether oxygens (including phenoxy) is 3. The van der Waals surface area contributed by atoms with Gasteiger partial charge in [0.05, 0.1) is 19.2 Å². The van der Waals surface area contributed by atoms with E-state index in [0.717, 1.165) is 5.56 Å². The van der Waals surface area contributed by atoms with Crippen molar-refractivity contribution in [1.82, 2.24) is 5.32 Å². The van der Waals surface area contributed by atoms with E-state index < -0.39 is 24.4 Å². The number of primary amides is 1. The standard InChI is InChI=1S/C19H20N2O6/c1-25-16-9-14(19(24)27-12-18(23)21-10-17(20)22)7-8-15(16)26-11-13-5-3-2-4-6-13/h2-9H,10-12H2,1H3,(H2,20,22)(H,21,23). The third kappa shape index (κ3) is 6.35. The minimum Gasteiger partial charge on any atom is -0.493 e. The highest BCUT2D eigenvalue weighted by Gasteiger charge is 2.14. The summed E-state index contributed by atoms with van der Waals surface area (Å²) in [7, 11) is 1.46. The van der Waals surface area contributed by atoms with Crippen LogP contribution in [0.4, 0.5) is 0 Å². The number of benzene rings is 2. The van der Waals surface area contributed by atoms with E-state index in [9.17, 15) is 14.4 Å². The molecule has 0 aliphatic carbocycles. The zero-order valence-electron chi connectivity index (χ0n) is 14.8. The van der Waals surface area contributed by atoms with Crippen molar-refractivity contribution in [1.29, 1.82) is 0 Å². The van der Waals surface area contributed by atoms with Gasteiger partial charge in [-0.15, -0.1) is 0 Å². The fraction of sp³-hybridized carbons (Fsp3) is 0.211. The Labute approximate surface area is 156 Å². The highest BCUT2D eigenvalue weighted by atomic mass is 16.5. The van der Waals surface area contributed by atoms with Crippen LogP contribution in [0.15, 0.2) is 48.5 Å². The lowest BCUT2D eigenvalue weighted by atomic mass is 10.2. The molecule has 2 rings (SSSR count). The third-order valence-corrected chi connectivity index (χ3v) is 3.43. The van der Waals surface area contributed by atoms with Gasteiger partial charge in [-0.3, -0.25) is 9.59 Å². The second kappa shape index (κ2) is 9.81. The van der Waals surface area contributed by atoms with Gasteiger partial charge < -0.3 is 25.3 Å². The Morgan fingerprint density at radius 2 is 1.78 bits per heavy atom. The normalized spacial score (nSPS) is 9.96. The van der Waals surface area contributed by atoms with E-state index in [-0.39, 0.29) is 12.1 Å². The second-order valence-electron chi connectivity index (χ2n) is 5.46. The van der Waals surface area contributed by atoms with Crippen molar-refractivity contribution in [2.24, 2.45) is 5.73 Å². The van der Waals surface area contributed by atoms with Crippen molar-refractivity contribution in [3.8, 4) is 11.5 Å². The van der Waals surface area contributed by atoms with Gasteiger partial charge in [0.25, 0.3) is 5.91 Å². The number of nitrogens with two attached hydrogens (primary N) is 1. The van der Waals surface area contributed by atoms with Crippen LogP contribution in [0.1, 0.15) is 15.9 Å². The molecule has 0 aliphatic heterocycles. The van der Waals surface area contributed by atoms with Gasteiger partial charge in [0, 0.05) is 0 Å². The lowest BCUT2D eigenvalue weighted by Crippen LogP contribution is -2.35. The molecule has 3 N–H and O–H groups in total. The fourth-order valence-electron chi connectivity index (χ4n) is 2.10. The molecule has 0 saturated carbocycles. The van der Waals surface area contributed by atoms with Crippen LogP contribution in [0.3, 0.4) is 0 Å². The van der Waals surface area contributed by atoms with E-state index in [0.29, 0.717) is 18.1 Å². The number of esters is 1. The summed E-state index contributed by atoms with van der Waals surface area (Å²) in [6.07, 6.45) is 0. The maximum absolute atomic E-state index is 12.1. The number of methoxy groups -OCH3 is 1. The fourth-order valence-corrected chi connectivity index (χ4v) is 2.10. The SMILES string of the molecule is COc1cc(C(=O)OCC(=O)NCC(N)=O)ccc1OCc1ccccc1. The second-order valence-corrected chi connectivity index (χ2v) is 5.46. The van der Waals surface area contributed by atoms with Gasteiger partial charge in [0.1, 0.15) is 6.61 Å². The van der Waals surface area contributed by atoms with Crippen LogP contribution >= 0.6 is 0 Å². The average Bonchev–Trinajstić information content (AvgIpc) is 2.69. The van der Waals surface area contributed by atoms with Crippen molar-refractivity contribution in [2.45, 2.75) is 6.61 Å². The largest absolute Gasteiger partial charge is 0.493 e. The summed E-state index contributed by atoms with van der Waals surface area (Å²) in [6, 6.07) is 14.2. The predicted molar refractivity (Wildman–Crippen MR) is 96.3 cm³/mol. The van der Waals surface area contributed by atoms with Crippen molar-refractivity contribution < 1.29 is 28.6 Å². The van der Waals surface area contributed by atoms with Crippen LogP contribution in [0, 0.1) is 0 Å². The molecule has 0 radical (unpaired) electrons. The summed E-state index contributed by atoms with van der Waals surface area (Å²) in [5.41, 5.74) is 6.10. The molecule has 0 saturated heterocycles. The number of carbonyl (C=O) groups is 3. The molecule has 0 bridgehead atoms. The number of amides is 2. The first-order chi connectivity index (χ1) is 13.0. The maximum Gasteiger partial charge on any atom is 0.338 e. The van der Waals surface area contributed by atoms with Crippen LogP contribution in [-0.4, -0.2) is 38.0 Å². The van der Waals surface area contributed by atoms with Gasteiger partial charge in [-0.2, -0.15) is 0 Å². The average molecular weight is 372 g/mol. The van der Waals surface area contributed by atoms with Gasteiger partial charge in [-0.1, -0.05) is 30.3 Å². The molecule has 0 unspecified atom stereocenters. The first-order valence-corrected chi connectivity index (χ1v) is 8.06. The molecule has 0 fully saturated rings. The van der Waals surface area contributed by atoms with E-state index in [1.165, 1.54) is 19.2 Å². The first kappa shape index (κ1) is 19.8. The van der Waals surface area contributed by atoms with Crippen molar-refractivity contribution in [3.05, 3.63) is 59.7 Å². The van der Waals surface area contributed by atoms with Crippen LogP contribution in [0.2, 0.25) is 0 Å². The van der Waals surface area contributed by atoms with Crippen LogP contribution in [0.5, 0.6) is 11.5 Å². The minimum atomic E-state index is -0.711. The van der Waals surface area contributed by atoms with Gasteiger partial charge >= 0.3 is 5.97 Å². The Morgan fingerprint density at radius 1 is 1.04 bits per heavy atom. The molecular formula is C19H20N2O6. The van der Waals surface area contributed by atoms with Gasteiger partial charge in [-0.05, 0) is 23.8 Å². The number of hydrogen-bond acceptors (Lipinski definition) is 6. The Morgan fingerprint density at radius 3 is 2.44 bits per heavy atom. The van der Waals surface area contributed by atoms with Crippen molar-refractivity contribution in [2.75, 3.05) is 20.3 Å². The molecule has 2 aromatic carbocycles. The molecule has 0 aliphatic rings. The smallest absolute Gasteiger partial charge is 0.338 e. The maximum atomic E-state index is 12.1. The lowest BCUT2D eigenvalue weighted by molar-refractivity contribution is -0.127. The van der Waals surface area contributed by atoms with E-state index in [2.05, 4.69) is 5.32 Å². The summed E-state index contributed by atoms with van der Waals surface area (Å²) in [5.74, 6) is -1.20. The molecule has 142 valence electrons. The predicted octanol–water partition coefficient (Wildman–Crippen LogP) is 1.03. The first-order valence-electron chi connectivity index (χ1n) is 8.06. The van der Waals surface area contributed by atoms with Crippen molar-refractivity contribution in [3.63, 3.8) is 0 Å². The highest BCUT2D eigenvalue weighted by molar-refractivity contribution is 5.92. The number of carbonyl (C=O) groups excluding carboxylic acids is 3. The molecule has 27 heavy (non-hydrogen) atoms. The van der Waals surface area contributed by atoms with Crippen molar-refractivity contribution >= 4 is 17.8 Å². The molecule has 2 amide bonds. The Kier molecular flexibility index (Phi) is 7.18. The summed E-state index contributed by atoms with van der Waals surface area (Å²) in [6.45, 7) is -0.501. The molecule has 8 heteroatoms. The summed E-state index contributed by atoms with van der Waals surface area (Å²) in [4.78, 5) is 34.1. The van der Waals surface area contributed by atoms with Crippen LogP contribution < -0.4 is 20.5 Å². The molecule has 0 atom stereocenters. The van der Waals surface area contributed by atoms with E-state index >= 15 is 0 Å². The van der Waals surface area contributed by atoms with E-state index in [1.54, 1.807) is 6.07 Å². The number of nitrogens with one attached hydrogen (secondary N) is 1. The third-order valence-electron chi connectivity index (χ3n) is 3.43. The topological polar surface area (TPSA) is 117 Å². The molecule has 2 aromatic rings. The Bertz CT molecular complexity index is 807. The summed E-state index contributed by atoms with van der Waals surface area (Å²) < 4.78 is 15.9. The molecule has 0 spiro atoms.